The second-order valence-electron chi connectivity index (χ2n) is 8.51. The fourth-order valence-corrected chi connectivity index (χ4v) is 4.82. The van der Waals surface area contributed by atoms with E-state index in [1.165, 1.54) is 12.7 Å². The fraction of sp³-hybridized carbons (Fsp3) is 0.259. The molecule has 0 radical (unpaired) electrons. The van der Waals surface area contributed by atoms with Crippen molar-refractivity contribution in [2.24, 2.45) is 0 Å². The zero-order valence-corrected chi connectivity index (χ0v) is 19.6. The van der Waals surface area contributed by atoms with E-state index in [1.807, 2.05) is 30.3 Å². The molecule has 3 aromatic carbocycles. The van der Waals surface area contributed by atoms with E-state index in [0.717, 1.165) is 48.3 Å². The van der Waals surface area contributed by atoms with Gasteiger partial charge in [-0.05, 0) is 72.4 Å². The monoisotopic (exact) mass is 476 g/mol. The molecule has 7 heteroatoms. The van der Waals surface area contributed by atoms with Crippen molar-refractivity contribution in [3.05, 3.63) is 98.9 Å². The molecule has 0 aliphatic carbocycles. The summed E-state index contributed by atoms with van der Waals surface area (Å²) in [6.07, 6.45) is 2.03. The van der Waals surface area contributed by atoms with Crippen molar-refractivity contribution in [2.75, 3.05) is 20.3 Å². The molecule has 6 nitrogen and oxygen atoms in total. The number of hydrogen-bond acceptors (Lipinski definition) is 4. The Labute approximate surface area is 202 Å². The molecular formula is C27H25ClN2O4. The van der Waals surface area contributed by atoms with Gasteiger partial charge in [0.25, 0.3) is 0 Å². The standard InChI is InChI=1S/C27H25ClN2O4/c1-33-26(31)21-4-2-3-18(15-21)17-29-24-10-7-22(28)16-25(24)30(27(29)32)23-8-5-19(6-9-23)20-11-13-34-14-12-20/h2-10,15-16,20H,11-14,17H2,1H3. The maximum atomic E-state index is 13.6. The molecule has 34 heavy (non-hydrogen) atoms. The molecule has 0 spiro atoms. The van der Waals surface area contributed by atoms with E-state index in [4.69, 9.17) is 21.1 Å². The van der Waals surface area contributed by atoms with Gasteiger partial charge in [0.05, 0.1) is 35.9 Å². The number of imidazole rings is 1. The van der Waals surface area contributed by atoms with Crippen molar-refractivity contribution in [1.82, 2.24) is 9.13 Å². The second-order valence-corrected chi connectivity index (χ2v) is 8.94. The van der Waals surface area contributed by atoms with E-state index >= 15 is 0 Å². The molecule has 0 saturated carbocycles. The number of halogens is 1. The summed E-state index contributed by atoms with van der Waals surface area (Å²) in [4.78, 5) is 25.6. The third kappa shape index (κ3) is 4.27. The molecule has 174 valence electrons. The van der Waals surface area contributed by atoms with Gasteiger partial charge in [-0.1, -0.05) is 35.9 Å². The summed E-state index contributed by atoms with van der Waals surface area (Å²) in [6, 6.07) is 20.8. The van der Waals surface area contributed by atoms with Crippen LogP contribution in [0.5, 0.6) is 0 Å². The first-order valence-electron chi connectivity index (χ1n) is 11.3. The molecule has 1 fully saturated rings. The van der Waals surface area contributed by atoms with Crippen LogP contribution >= 0.6 is 11.6 Å². The van der Waals surface area contributed by atoms with Crippen LogP contribution in [0.4, 0.5) is 0 Å². The topological polar surface area (TPSA) is 62.5 Å². The Kier molecular flexibility index (Phi) is 6.26. The lowest BCUT2D eigenvalue weighted by molar-refractivity contribution is 0.0600. The normalized spacial score (nSPS) is 14.4. The van der Waals surface area contributed by atoms with Crippen LogP contribution in [0.25, 0.3) is 16.7 Å². The van der Waals surface area contributed by atoms with Crippen molar-refractivity contribution in [2.45, 2.75) is 25.3 Å². The first kappa shape index (κ1) is 22.4. The van der Waals surface area contributed by atoms with Crippen LogP contribution in [-0.4, -0.2) is 35.4 Å². The van der Waals surface area contributed by atoms with Gasteiger partial charge >= 0.3 is 11.7 Å². The van der Waals surface area contributed by atoms with Gasteiger partial charge in [-0.3, -0.25) is 9.13 Å². The van der Waals surface area contributed by atoms with Crippen molar-refractivity contribution in [3.63, 3.8) is 0 Å². The Morgan fingerprint density at radius 1 is 1.03 bits per heavy atom. The van der Waals surface area contributed by atoms with Gasteiger partial charge in [0.1, 0.15) is 0 Å². The number of carbonyl (C=O) groups excluding carboxylic acids is 1. The minimum Gasteiger partial charge on any atom is -0.465 e. The van der Waals surface area contributed by atoms with Crippen molar-refractivity contribution in [1.29, 1.82) is 0 Å². The molecule has 0 atom stereocenters. The second kappa shape index (κ2) is 9.49. The zero-order valence-electron chi connectivity index (χ0n) is 18.9. The Morgan fingerprint density at radius 3 is 2.53 bits per heavy atom. The lowest BCUT2D eigenvalue weighted by atomic mass is 9.92. The zero-order chi connectivity index (χ0) is 23.7. The average Bonchev–Trinajstić information content (AvgIpc) is 3.14. The van der Waals surface area contributed by atoms with Crippen LogP contribution in [0, 0.1) is 0 Å². The van der Waals surface area contributed by atoms with Crippen molar-refractivity contribution < 1.29 is 14.3 Å². The number of nitrogens with zero attached hydrogens (tertiary/aromatic N) is 2. The number of rotatable bonds is 5. The van der Waals surface area contributed by atoms with Gasteiger partial charge in [-0.2, -0.15) is 0 Å². The molecule has 0 bridgehead atoms. The maximum Gasteiger partial charge on any atom is 0.337 e. The number of fused-ring (bicyclic) bond motifs is 1. The number of carbonyl (C=O) groups is 1. The number of aromatic nitrogens is 2. The quantitative estimate of drug-likeness (QED) is 0.372. The summed E-state index contributed by atoms with van der Waals surface area (Å²) >= 11 is 6.31. The van der Waals surface area contributed by atoms with Crippen LogP contribution in [0.2, 0.25) is 5.02 Å². The van der Waals surface area contributed by atoms with Gasteiger partial charge in [0.15, 0.2) is 0 Å². The van der Waals surface area contributed by atoms with Crippen molar-refractivity contribution >= 4 is 28.6 Å². The van der Waals surface area contributed by atoms with Crippen LogP contribution < -0.4 is 5.69 Å². The number of ether oxygens (including phenoxy) is 2. The number of esters is 1. The largest absolute Gasteiger partial charge is 0.465 e. The van der Waals surface area contributed by atoms with Gasteiger partial charge in [0, 0.05) is 18.2 Å². The van der Waals surface area contributed by atoms with Gasteiger partial charge < -0.3 is 9.47 Å². The third-order valence-electron chi connectivity index (χ3n) is 6.42. The van der Waals surface area contributed by atoms with Crippen LogP contribution in [-0.2, 0) is 16.0 Å². The molecule has 1 aliphatic rings. The van der Waals surface area contributed by atoms with Gasteiger partial charge in [0.2, 0.25) is 0 Å². The number of methoxy groups -OCH3 is 1. The van der Waals surface area contributed by atoms with Crippen LogP contribution in [0.3, 0.4) is 0 Å². The SMILES string of the molecule is COC(=O)c1cccc(Cn2c(=O)n(-c3ccc(C4CCOCC4)cc3)c3cc(Cl)ccc32)c1. The molecular weight excluding hydrogens is 452 g/mol. The first-order chi connectivity index (χ1) is 16.5. The summed E-state index contributed by atoms with van der Waals surface area (Å²) in [5.41, 5.74) is 4.67. The van der Waals surface area contributed by atoms with E-state index in [-0.39, 0.29) is 5.69 Å². The molecule has 0 unspecified atom stereocenters. The highest BCUT2D eigenvalue weighted by Crippen LogP contribution is 2.28. The molecule has 0 N–H and O–H groups in total. The van der Waals surface area contributed by atoms with E-state index in [2.05, 4.69) is 12.1 Å². The molecule has 1 aromatic heterocycles. The maximum absolute atomic E-state index is 13.6. The molecule has 2 heterocycles. The average molecular weight is 477 g/mol. The van der Waals surface area contributed by atoms with E-state index in [0.29, 0.717) is 23.0 Å². The first-order valence-corrected chi connectivity index (χ1v) is 11.7. The third-order valence-corrected chi connectivity index (χ3v) is 6.66. The van der Waals surface area contributed by atoms with Crippen LogP contribution in [0.1, 0.15) is 40.2 Å². The van der Waals surface area contributed by atoms with E-state index in [1.54, 1.807) is 33.4 Å². The molecule has 4 aromatic rings. The Bertz CT molecular complexity index is 1400. The lowest BCUT2D eigenvalue weighted by Crippen LogP contribution is -2.24. The number of benzene rings is 3. The summed E-state index contributed by atoms with van der Waals surface area (Å²) in [5.74, 6) is 0.0745. The summed E-state index contributed by atoms with van der Waals surface area (Å²) in [5, 5.41) is 0.560. The molecule has 0 amide bonds. The fourth-order valence-electron chi connectivity index (χ4n) is 4.66. The Morgan fingerprint density at radius 2 is 1.79 bits per heavy atom. The highest BCUT2D eigenvalue weighted by atomic mass is 35.5. The summed E-state index contributed by atoms with van der Waals surface area (Å²) in [6.45, 7) is 1.89. The Hall–Kier alpha value is -3.35. The minimum atomic E-state index is -0.409. The van der Waals surface area contributed by atoms with E-state index < -0.39 is 5.97 Å². The highest BCUT2D eigenvalue weighted by molar-refractivity contribution is 6.31. The highest BCUT2D eigenvalue weighted by Gasteiger charge is 2.18. The molecule has 1 aliphatic heterocycles. The van der Waals surface area contributed by atoms with Gasteiger partial charge in [-0.15, -0.1) is 0 Å². The molecule has 5 rings (SSSR count). The predicted molar refractivity (Wildman–Crippen MR) is 132 cm³/mol. The lowest BCUT2D eigenvalue weighted by Gasteiger charge is -2.22. The Balaban J connectivity index is 1.56. The smallest absolute Gasteiger partial charge is 0.337 e. The summed E-state index contributed by atoms with van der Waals surface area (Å²) < 4.78 is 13.7. The summed E-state index contributed by atoms with van der Waals surface area (Å²) in [7, 11) is 1.35. The predicted octanol–water partition coefficient (Wildman–Crippen LogP) is 5.17. The van der Waals surface area contributed by atoms with Gasteiger partial charge in [-0.25, -0.2) is 9.59 Å². The van der Waals surface area contributed by atoms with Crippen LogP contribution in [0.15, 0.2) is 71.5 Å². The van der Waals surface area contributed by atoms with E-state index in [9.17, 15) is 9.59 Å². The number of hydrogen-bond donors (Lipinski definition) is 0. The molecule has 1 saturated heterocycles. The van der Waals surface area contributed by atoms with Crippen molar-refractivity contribution in [3.8, 4) is 5.69 Å². The minimum absolute atomic E-state index is 0.167.